The lowest BCUT2D eigenvalue weighted by molar-refractivity contribution is -0.138. The number of carbonyl (C=O) groups excluding carboxylic acids is 1. The first kappa shape index (κ1) is 11.5. The summed E-state index contributed by atoms with van der Waals surface area (Å²) in [4.78, 5) is 11.9. The molecule has 18 heavy (non-hydrogen) atoms. The highest BCUT2D eigenvalue weighted by molar-refractivity contribution is 5.99. The van der Waals surface area contributed by atoms with Crippen molar-refractivity contribution in [2.24, 2.45) is 0 Å². The molecule has 3 nitrogen and oxygen atoms in total. The Morgan fingerprint density at radius 2 is 2.00 bits per heavy atom. The topological polar surface area (TPSA) is 41.1 Å². The van der Waals surface area contributed by atoms with Crippen molar-refractivity contribution in [1.82, 2.24) is 10.6 Å². The van der Waals surface area contributed by atoms with E-state index >= 15 is 0 Å². The molecule has 2 aliphatic rings. The van der Waals surface area contributed by atoms with Crippen molar-refractivity contribution in [1.29, 1.82) is 0 Å². The molecule has 2 aliphatic heterocycles. The minimum atomic E-state index is -4.50. The molecule has 0 spiro atoms. The minimum absolute atomic E-state index is 0.0694. The Kier molecular flexibility index (Phi) is 2.38. The molecule has 96 valence electrons. The van der Waals surface area contributed by atoms with Gasteiger partial charge in [-0.25, -0.2) is 0 Å². The summed E-state index contributed by atoms with van der Waals surface area (Å²) in [7, 11) is 0. The smallest absolute Gasteiger partial charge is 0.347 e. The third-order valence-electron chi connectivity index (χ3n) is 3.56. The van der Waals surface area contributed by atoms with Crippen LogP contribution in [0.15, 0.2) is 18.2 Å². The highest BCUT2D eigenvalue weighted by Crippen LogP contribution is 2.38. The van der Waals surface area contributed by atoms with Crippen LogP contribution in [0.2, 0.25) is 0 Å². The van der Waals surface area contributed by atoms with Gasteiger partial charge in [-0.05, 0) is 11.6 Å². The summed E-state index contributed by atoms with van der Waals surface area (Å²) in [5, 5.41) is 5.73. The van der Waals surface area contributed by atoms with Crippen molar-refractivity contribution < 1.29 is 18.0 Å². The Morgan fingerprint density at radius 3 is 2.72 bits per heavy atom. The number of rotatable bonds is 0. The first-order valence-electron chi connectivity index (χ1n) is 5.70. The first-order chi connectivity index (χ1) is 8.48. The Hall–Kier alpha value is -1.56. The van der Waals surface area contributed by atoms with E-state index in [9.17, 15) is 18.0 Å². The van der Waals surface area contributed by atoms with Crippen LogP contribution in [-0.4, -0.2) is 25.0 Å². The Balaban J connectivity index is 2.18. The predicted molar refractivity (Wildman–Crippen MR) is 58.3 cm³/mol. The molecule has 2 heterocycles. The standard InChI is InChI=1S/C12H11F3N2O/c13-12(14,15)8-3-1-2-6-7-4-16-5-9(7)17-11(18)10(6)8/h1-3,7,9,16H,4-5H2,(H,17,18)/t7-,9-/m1/s1. The van der Waals surface area contributed by atoms with Crippen LogP contribution in [0.1, 0.15) is 27.4 Å². The van der Waals surface area contributed by atoms with Crippen LogP contribution in [0.5, 0.6) is 0 Å². The molecule has 2 atom stereocenters. The highest BCUT2D eigenvalue weighted by atomic mass is 19.4. The lowest BCUT2D eigenvalue weighted by Crippen LogP contribution is -2.45. The lowest BCUT2D eigenvalue weighted by Gasteiger charge is -2.29. The second-order valence-corrected chi connectivity index (χ2v) is 4.61. The summed E-state index contributed by atoms with van der Waals surface area (Å²) < 4.78 is 38.7. The van der Waals surface area contributed by atoms with Gasteiger partial charge in [0.2, 0.25) is 0 Å². The Morgan fingerprint density at radius 1 is 1.22 bits per heavy atom. The quantitative estimate of drug-likeness (QED) is 0.738. The predicted octanol–water partition coefficient (Wildman–Crippen LogP) is 1.50. The molecular weight excluding hydrogens is 245 g/mol. The average molecular weight is 256 g/mol. The van der Waals surface area contributed by atoms with E-state index in [1.165, 1.54) is 6.07 Å². The van der Waals surface area contributed by atoms with Crippen molar-refractivity contribution in [3.63, 3.8) is 0 Å². The molecular formula is C12H11F3N2O. The first-order valence-corrected chi connectivity index (χ1v) is 5.70. The summed E-state index contributed by atoms with van der Waals surface area (Å²) in [6.45, 7) is 1.20. The van der Waals surface area contributed by atoms with Gasteiger partial charge >= 0.3 is 6.18 Å². The van der Waals surface area contributed by atoms with Crippen molar-refractivity contribution in [3.8, 4) is 0 Å². The average Bonchev–Trinajstić information content (AvgIpc) is 2.75. The van der Waals surface area contributed by atoms with Gasteiger partial charge < -0.3 is 10.6 Å². The van der Waals surface area contributed by atoms with Gasteiger partial charge in [0.25, 0.3) is 5.91 Å². The van der Waals surface area contributed by atoms with E-state index in [1.54, 1.807) is 6.07 Å². The van der Waals surface area contributed by atoms with E-state index in [-0.39, 0.29) is 17.5 Å². The summed E-state index contributed by atoms with van der Waals surface area (Å²) in [5.41, 5.74) is -0.554. The Labute approximate surface area is 101 Å². The normalized spacial score (nSPS) is 26.5. The molecule has 1 aromatic carbocycles. The van der Waals surface area contributed by atoms with Gasteiger partial charge in [0.15, 0.2) is 0 Å². The van der Waals surface area contributed by atoms with Gasteiger partial charge in [0.1, 0.15) is 0 Å². The number of nitrogens with one attached hydrogen (secondary N) is 2. The number of amides is 1. The number of hydrogen-bond acceptors (Lipinski definition) is 2. The number of carbonyl (C=O) groups is 1. The van der Waals surface area contributed by atoms with Crippen LogP contribution < -0.4 is 10.6 Å². The molecule has 2 N–H and O–H groups in total. The maximum atomic E-state index is 12.9. The summed E-state index contributed by atoms with van der Waals surface area (Å²) in [5.74, 6) is -0.692. The molecule has 1 aromatic rings. The fourth-order valence-electron chi connectivity index (χ4n) is 2.77. The molecule has 0 aliphatic carbocycles. The van der Waals surface area contributed by atoms with Crippen molar-refractivity contribution in [2.45, 2.75) is 18.1 Å². The highest BCUT2D eigenvalue weighted by Gasteiger charge is 2.43. The van der Waals surface area contributed by atoms with E-state index in [4.69, 9.17) is 0 Å². The van der Waals surface area contributed by atoms with Crippen molar-refractivity contribution in [3.05, 3.63) is 34.9 Å². The molecule has 3 rings (SSSR count). The van der Waals surface area contributed by atoms with Gasteiger partial charge in [-0.15, -0.1) is 0 Å². The van der Waals surface area contributed by atoms with Gasteiger partial charge in [-0.2, -0.15) is 13.2 Å². The van der Waals surface area contributed by atoms with E-state index in [1.807, 2.05) is 0 Å². The zero-order valence-corrected chi connectivity index (χ0v) is 9.34. The van der Waals surface area contributed by atoms with Crippen LogP contribution in [0.4, 0.5) is 13.2 Å². The van der Waals surface area contributed by atoms with Gasteiger partial charge in [-0.1, -0.05) is 12.1 Å². The van der Waals surface area contributed by atoms with Crippen molar-refractivity contribution >= 4 is 5.91 Å². The van der Waals surface area contributed by atoms with E-state index in [0.29, 0.717) is 18.7 Å². The molecule has 1 fully saturated rings. The monoisotopic (exact) mass is 256 g/mol. The van der Waals surface area contributed by atoms with Crippen LogP contribution in [-0.2, 0) is 6.18 Å². The molecule has 0 bridgehead atoms. The maximum Gasteiger partial charge on any atom is 0.417 e. The molecule has 1 amide bonds. The zero-order valence-electron chi connectivity index (χ0n) is 9.34. The summed E-state index contributed by atoms with van der Waals surface area (Å²) in [6.07, 6.45) is -4.50. The lowest BCUT2D eigenvalue weighted by atomic mass is 9.84. The van der Waals surface area contributed by atoms with Gasteiger partial charge in [0, 0.05) is 25.0 Å². The van der Waals surface area contributed by atoms with Gasteiger partial charge in [0.05, 0.1) is 11.1 Å². The third kappa shape index (κ3) is 1.59. The summed E-state index contributed by atoms with van der Waals surface area (Å²) >= 11 is 0. The zero-order chi connectivity index (χ0) is 12.9. The second kappa shape index (κ2) is 3.71. The summed E-state index contributed by atoms with van der Waals surface area (Å²) in [6, 6.07) is 3.85. The Bertz CT molecular complexity index is 513. The van der Waals surface area contributed by atoms with Crippen LogP contribution in [0, 0.1) is 0 Å². The van der Waals surface area contributed by atoms with Crippen LogP contribution in [0.3, 0.4) is 0 Å². The minimum Gasteiger partial charge on any atom is -0.347 e. The fraction of sp³-hybridized carbons (Fsp3) is 0.417. The SMILES string of the molecule is O=C1N[C@@H]2CNC[C@@H]2c2cccc(C(F)(F)F)c21. The van der Waals surface area contributed by atoms with E-state index in [2.05, 4.69) is 10.6 Å². The number of halogens is 3. The molecule has 1 saturated heterocycles. The number of hydrogen-bond donors (Lipinski definition) is 2. The van der Waals surface area contributed by atoms with Crippen LogP contribution >= 0.6 is 0 Å². The molecule has 0 unspecified atom stereocenters. The molecule has 0 aromatic heterocycles. The van der Waals surface area contributed by atoms with E-state index in [0.717, 1.165) is 6.07 Å². The fourth-order valence-corrected chi connectivity index (χ4v) is 2.77. The maximum absolute atomic E-state index is 12.9. The van der Waals surface area contributed by atoms with Crippen LogP contribution in [0.25, 0.3) is 0 Å². The molecule has 0 radical (unpaired) electrons. The van der Waals surface area contributed by atoms with Crippen molar-refractivity contribution in [2.75, 3.05) is 13.1 Å². The van der Waals surface area contributed by atoms with Gasteiger partial charge in [-0.3, -0.25) is 4.79 Å². The largest absolute Gasteiger partial charge is 0.417 e. The molecule has 6 heteroatoms. The number of alkyl halides is 3. The van der Waals surface area contributed by atoms with E-state index < -0.39 is 17.6 Å². The number of benzene rings is 1. The number of fused-ring (bicyclic) bond motifs is 3. The molecule has 0 saturated carbocycles. The second-order valence-electron chi connectivity index (χ2n) is 4.61. The third-order valence-corrected chi connectivity index (χ3v) is 3.56.